The van der Waals surface area contributed by atoms with Gasteiger partial charge in [-0.1, -0.05) is 30.3 Å². The Labute approximate surface area is 177 Å². The van der Waals surface area contributed by atoms with Crippen LogP contribution in [0.2, 0.25) is 0 Å². The molecular weight excluding hydrogens is 402 g/mol. The van der Waals surface area contributed by atoms with Crippen LogP contribution in [0.3, 0.4) is 0 Å². The molecule has 8 heteroatoms. The molecule has 0 radical (unpaired) electrons. The summed E-state index contributed by atoms with van der Waals surface area (Å²) in [5.41, 5.74) is 2.52. The van der Waals surface area contributed by atoms with Gasteiger partial charge in [-0.3, -0.25) is 9.69 Å². The zero-order valence-corrected chi connectivity index (χ0v) is 18.0. The number of carbonyl (C=O) groups excluding carboxylic acids is 1. The molecule has 2 aliphatic heterocycles. The van der Waals surface area contributed by atoms with Gasteiger partial charge in [-0.2, -0.15) is 4.31 Å². The highest BCUT2D eigenvalue weighted by molar-refractivity contribution is 7.89. The number of carbonyl (C=O) groups is 1. The lowest BCUT2D eigenvalue weighted by molar-refractivity contribution is -0.133. The van der Waals surface area contributed by atoms with Crippen LogP contribution in [0.4, 0.5) is 0 Å². The molecule has 0 unspecified atom stereocenters. The van der Waals surface area contributed by atoms with Crippen molar-refractivity contribution in [3.05, 3.63) is 59.7 Å². The molecule has 1 amide bonds. The highest BCUT2D eigenvalue weighted by Gasteiger charge is 2.27. The van der Waals surface area contributed by atoms with E-state index in [9.17, 15) is 13.2 Å². The third-order valence-corrected chi connectivity index (χ3v) is 7.51. The Balaban J connectivity index is 1.29. The van der Waals surface area contributed by atoms with Crippen LogP contribution >= 0.6 is 0 Å². The first-order valence-electron chi connectivity index (χ1n) is 10.2. The van der Waals surface area contributed by atoms with Crippen LogP contribution < -0.4 is 4.74 Å². The molecule has 0 N–H and O–H groups in total. The maximum Gasteiger partial charge on any atom is 0.243 e. The Morgan fingerprint density at radius 3 is 2.53 bits per heavy atom. The van der Waals surface area contributed by atoms with Crippen molar-refractivity contribution in [2.24, 2.45) is 0 Å². The molecule has 2 aliphatic rings. The van der Waals surface area contributed by atoms with Crippen molar-refractivity contribution in [3.8, 4) is 5.75 Å². The molecule has 7 nitrogen and oxygen atoms in total. The molecule has 1 saturated heterocycles. The molecule has 30 heavy (non-hydrogen) atoms. The molecule has 0 atom stereocenters. The minimum atomic E-state index is -3.66. The predicted molar refractivity (Wildman–Crippen MR) is 114 cm³/mol. The van der Waals surface area contributed by atoms with E-state index in [2.05, 4.69) is 17.0 Å². The van der Waals surface area contributed by atoms with Crippen molar-refractivity contribution in [1.29, 1.82) is 0 Å². The number of hydrogen-bond acceptors (Lipinski definition) is 5. The van der Waals surface area contributed by atoms with E-state index in [0.29, 0.717) is 13.1 Å². The lowest BCUT2D eigenvalue weighted by Crippen LogP contribution is -2.51. The minimum absolute atomic E-state index is 0.151. The van der Waals surface area contributed by atoms with Gasteiger partial charge in [0.25, 0.3) is 0 Å². The fourth-order valence-corrected chi connectivity index (χ4v) is 5.04. The fraction of sp³-hybridized carbons (Fsp3) is 0.409. The predicted octanol–water partition coefficient (Wildman–Crippen LogP) is 1.59. The molecule has 0 aliphatic carbocycles. The number of amides is 1. The summed E-state index contributed by atoms with van der Waals surface area (Å²) in [5.74, 6) is 0.829. The second kappa shape index (κ2) is 8.75. The number of hydrogen-bond donors (Lipinski definition) is 0. The largest absolute Gasteiger partial charge is 0.493 e. The summed E-state index contributed by atoms with van der Waals surface area (Å²) in [5, 5.41) is 0. The topological polar surface area (TPSA) is 70.2 Å². The Kier molecular flexibility index (Phi) is 6.08. The van der Waals surface area contributed by atoms with Crippen LogP contribution in [0, 0.1) is 0 Å². The van der Waals surface area contributed by atoms with E-state index in [0.717, 1.165) is 42.7 Å². The van der Waals surface area contributed by atoms with Crippen LogP contribution in [-0.2, 0) is 27.8 Å². The van der Waals surface area contributed by atoms with E-state index in [1.54, 1.807) is 35.2 Å². The first-order chi connectivity index (χ1) is 14.4. The van der Waals surface area contributed by atoms with Gasteiger partial charge in [-0.15, -0.1) is 0 Å². The molecule has 0 bridgehead atoms. The number of fused-ring (bicyclic) bond motifs is 1. The second-order valence-corrected chi connectivity index (χ2v) is 9.82. The Hall–Kier alpha value is -2.42. The molecule has 2 heterocycles. The van der Waals surface area contributed by atoms with Crippen molar-refractivity contribution in [3.63, 3.8) is 0 Å². The second-order valence-electron chi connectivity index (χ2n) is 7.77. The summed E-state index contributed by atoms with van der Waals surface area (Å²) in [6.07, 6.45) is 0.963. The first-order valence-corrected chi connectivity index (χ1v) is 11.6. The van der Waals surface area contributed by atoms with E-state index in [-0.39, 0.29) is 17.3 Å². The molecular formula is C22H27N3O4S. The van der Waals surface area contributed by atoms with E-state index >= 15 is 0 Å². The molecule has 0 aromatic heterocycles. The van der Waals surface area contributed by atoms with E-state index in [1.807, 2.05) is 6.07 Å². The number of nitrogens with zero attached hydrogens (tertiary/aromatic N) is 3. The number of benzene rings is 2. The zero-order chi connectivity index (χ0) is 21.1. The lowest BCUT2D eigenvalue weighted by atomic mass is 10.1. The van der Waals surface area contributed by atoms with E-state index < -0.39 is 10.0 Å². The van der Waals surface area contributed by atoms with Gasteiger partial charge in [0, 0.05) is 46.2 Å². The monoisotopic (exact) mass is 429 g/mol. The normalized spacial score (nSPS) is 17.1. The molecule has 2 aromatic rings. The van der Waals surface area contributed by atoms with Gasteiger partial charge in [0.05, 0.1) is 18.0 Å². The summed E-state index contributed by atoms with van der Waals surface area (Å²) in [4.78, 5) is 16.9. The fourth-order valence-electron chi connectivity index (χ4n) is 3.90. The molecule has 4 rings (SSSR count). The molecule has 1 fully saturated rings. The quantitative estimate of drug-likeness (QED) is 0.698. The van der Waals surface area contributed by atoms with Crippen LogP contribution in [0.1, 0.15) is 11.1 Å². The van der Waals surface area contributed by atoms with Gasteiger partial charge in [0.15, 0.2) is 0 Å². The van der Waals surface area contributed by atoms with Gasteiger partial charge in [-0.25, -0.2) is 8.42 Å². The van der Waals surface area contributed by atoms with Crippen molar-refractivity contribution in [2.45, 2.75) is 17.9 Å². The van der Waals surface area contributed by atoms with Gasteiger partial charge in [0.2, 0.25) is 15.9 Å². The number of rotatable bonds is 6. The minimum Gasteiger partial charge on any atom is -0.493 e. The average molecular weight is 430 g/mol. The Morgan fingerprint density at radius 1 is 1.07 bits per heavy atom. The third kappa shape index (κ3) is 4.50. The molecule has 0 spiro atoms. The highest BCUT2D eigenvalue weighted by Crippen LogP contribution is 2.26. The van der Waals surface area contributed by atoms with Crippen molar-refractivity contribution in [1.82, 2.24) is 14.1 Å². The molecule has 160 valence electrons. The summed E-state index contributed by atoms with van der Waals surface area (Å²) in [6, 6.07) is 14.6. The number of ether oxygens (including phenoxy) is 1. The van der Waals surface area contributed by atoms with Gasteiger partial charge >= 0.3 is 0 Å². The number of piperazine rings is 1. The summed E-state index contributed by atoms with van der Waals surface area (Å²) in [6.45, 7) is 4.20. The Morgan fingerprint density at radius 2 is 1.80 bits per heavy atom. The van der Waals surface area contributed by atoms with Gasteiger partial charge < -0.3 is 9.64 Å². The summed E-state index contributed by atoms with van der Waals surface area (Å²) in [7, 11) is -2.21. The average Bonchev–Trinajstić information content (AvgIpc) is 3.22. The van der Waals surface area contributed by atoms with Crippen LogP contribution in [0.15, 0.2) is 53.4 Å². The maximum absolute atomic E-state index is 12.7. The van der Waals surface area contributed by atoms with Crippen molar-refractivity contribution < 1.29 is 17.9 Å². The summed E-state index contributed by atoms with van der Waals surface area (Å²) < 4.78 is 31.9. The smallest absolute Gasteiger partial charge is 0.243 e. The van der Waals surface area contributed by atoms with Crippen molar-refractivity contribution >= 4 is 15.9 Å². The molecule has 0 saturated carbocycles. The van der Waals surface area contributed by atoms with Crippen molar-refractivity contribution in [2.75, 3.05) is 46.4 Å². The maximum atomic E-state index is 12.7. The first kappa shape index (κ1) is 20.8. The molecule has 2 aromatic carbocycles. The zero-order valence-electron chi connectivity index (χ0n) is 17.2. The Bertz CT molecular complexity index is 1000. The van der Waals surface area contributed by atoms with Gasteiger partial charge in [0.1, 0.15) is 5.75 Å². The standard InChI is InChI=1S/C22H27N3O4S/c1-23(30(27,28)20-5-3-2-4-6-20)17-22(26)25-12-10-24(11-13-25)16-18-7-8-21-19(15-18)9-14-29-21/h2-8,15H,9-14,16-17H2,1H3. The number of sulfonamides is 1. The van der Waals surface area contributed by atoms with Crippen LogP contribution in [0.25, 0.3) is 0 Å². The van der Waals surface area contributed by atoms with E-state index in [1.165, 1.54) is 18.2 Å². The number of likely N-dealkylation sites (N-methyl/N-ethyl adjacent to an activating group) is 1. The van der Waals surface area contributed by atoms with E-state index in [4.69, 9.17) is 4.74 Å². The van der Waals surface area contributed by atoms with Gasteiger partial charge in [-0.05, 0) is 29.3 Å². The van der Waals surface area contributed by atoms with Crippen LogP contribution in [-0.4, -0.2) is 74.8 Å². The third-order valence-electron chi connectivity index (χ3n) is 5.69. The van der Waals surface area contributed by atoms with Crippen LogP contribution in [0.5, 0.6) is 5.75 Å². The summed E-state index contributed by atoms with van der Waals surface area (Å²) >= 11 is 0. The lowest BCUT2D eigenvalue weighted by Gasteiger charge is -2.35. The SMILES string of the molecule is CN(CC(=O)N1CCN(Cc2ccc3c(c2)CCO3)CC1)S(=O)(=O)c1ccccc1. The highest BCUT2D eigenvalue weighted by atomic mass is 32.2.